The van der Waals surface area contributed by atoms with Crippen LogP contribution in [-0.4, -0.2) is 11.2 Å². The summed E-state index contributed by atoms with van der Waals surface area (Å²) < 4.78 is 5.14. The van der Waals surface area contributed by atoms with Crippen molar-refractivity contribution >= 4 is 17.3 Å². The average molecular weight is 264 g/mol. The van der Waals surface area contributed by atoms with Crippen LogP contribution in [0, 0.1) is 13.8 Å². The Kier molecular flexibility index (Phi) is 3.33. The number of rotatable bonds is 0. The van der Waals surface area contributed by atoms with Gasteiger partial charge in [0, 0.05) is 6.21 Å². The quantitative estimate of drug-likeness (QED) is 0.614. The highest BCUT2D eigenvalue weighted by molar-refractivity contribution is 5.84. The Morgan fingerprint density at radius 1 is 1.00 bits per heavy atom. The number of aryl methyl sites for hydroxylation is 2. The first kappa shape index (κ1) is 12.6. The van der Waals surface area contributed by atoms with Crippen LogP contribution in [0.1, 0.15) is 22.3 Å². The summed E-state index contributed by atoms with van der Waals surface area (Å²) in [4.78, 5) is 8.20. The lowest BCUT2D eigenvalue weighted by molar-refractivity contribution is 0.600. The fraction of sp³-hybridized carbons (Fsp3) is 0.176. The van der Waals surface area contributed by atoms with E-state index in [0.717, 1.165) is 23.2 Å². The molecule has 0 atom stereocenters. The molecular formula is C17H16N2O. The van der Waals surface area contributed by atoms with Gasteiger partial charge in [-0.05, 0) is 42.2 Å². The average Bonchev–Trinajstić information content (AvgIpc) is 3.08. The van der Waals surface area contributed by atoms with E-state index in [9.17, 15) is 0 Å². The van der Waals surface area contributed by atoms with Gasteiger partial charge in [-0.3, -0.25) is 4.99 Å². The zero-order valence-corrected chi connectivity index (χ0v) is 11.6. The number of para-hydroxylation sites is 1. The molecular weight excluding hydrogens is 248 g/mol. The smallest absolute Gasteiger partial charge is 0.181 e. The van der Waals surface area contributed by atoms with E-state index in [0.29, 0.717) is 0 Å². The van der Waals surface area contributed by atoms with Crippen LogP contribution in [-0.2, 0) is 6.54 Å². The Labute approximate surface area is 118 Å². The zero-order chi connectivity index (χ0) is 13.9. The number of nitrogens with zero attached hydrogens (tertiary/aromatic N) is 2. The molecule has 1 aliphatic heterocycles. The minimum absolute atomic E-state index is 0.877. The summed E-state index contributed by atoms with van der Waals surface area (Å²) in [5.74, 6) is 0. The molecule has 3 nitrogen and oxygen atoms in total. The molecule has 1 aromatic heterocycles. The van der Waals surface area contributed by atoms with E-state index in [2.05, 4.69) is 35.1 Å². The summed E-state index contributed by atoms with van der Waals surface area (Å²) >= 11 is 0. The minimum Gasteiger partial charge on any atom is -0.443 e. The summed E-state index contributed by atoms with van der Waals surface area (Å²) in [6.45, 7) is 5.02. The second-order valence-corrected chi connectivity index (χ2v) is 4.89. The molecule has 3 heteroatoms. The maximum Gasteiger partial charge on any atom is 0.181 e. The molecule has 0 radical (unpaired) electrons. The fourth-order valence-corrected chi connectivity index (χ4v) is 2.32. The van der Waals surface area contributed by atoms with Gasteiger partial charge in [0.2, 0.25) is 0 Å². The van der Waals surface area contributed by atoms with Crippen molar-refractivity contribution in [2.45, 2.75) is 20.4 Å². The third-order valence-corrected chi connectivity index (χ3v) is 3.48. The lowest BCUT2D eigenvalue weighted by Gasteiger charge is -1.99. The van der Waals surface area contributed by atoms with Crippen molar-refractivity contribution in [2.24, 2.45) is 4.99 Å². The Balaban J connectivity index is 0.000000121. The summed E-state index contributed by atoms with van der Waals surface area (Å²) in [5.41, 5.74) is 7.00. The lowest BCUT2D eigenvalue weighted by atomic mass is 10.1. The van der Waals surface area contributed by atoms with E-state index < -0.39 is 0 Å². The van der Waals surface area contributed by atoms with Gasteiger partial charge in [-0.1, -0.05) is 30.3 Å². The van der Waals surface area contributed by atoms with E-state index in [1.807, 2.05) is 31.3 Å². The first-order chi connectivity index (χ1) is 9.75. The SMILES string of the molecule is Cc1cccc2c1CN=C2.Cc1cccc2ncoc12. The summed E-state index contributed by atoms with van der Waals surface area (Å²) in [5, 5.41) is 0. The van der Waals surface area contributed by atoms with E-state index in [-0.39, 0.29) is 0 Å². The molecule has 3 aromatic rings. The van der Waals surface area contributed by atoms with Crippen molar-refractivity contribution in [3.05, 3.63) is 65.0 Å². The second kappa shape index (κ2) is 5.29. The number of aliphatic imine (C=N–C) groups is 1. The van der Waals surface area contributed by atoms with Gasteiger partial charge >= 0.3 is 0 Å². The summed E-state index contributed by atoms with van der Waals surface area (Å²) in [7, 11) is 0. The molecule has 1 aliphatic rings. The Morgan fingerprint density at radius 3 is 2.60 bits per heavy atom. The van der Waals surface area contributed by atoms with E-state index in [1.165, 1.54) is 23.1 Å². The maximum absolute atomic E-state index is 5.14. The van der Waals surface area contributed by atoms with Crippen molar-refractivity contribution in [1.82, 2.24) is 4.98 Å². The molecule has 0 saturated carbocycles. The highest BCUT2D eigenvalue weighted by atomic mass is 16.3. The Morgan fingerprint density at radius 2 is 1.80 bits per heavy atom. The molecule has 0 saturated heterocycles. The number of aromatic nitrogens is 1. The number of fused-ring (bicyclic) bond motifs is 2. The van der Waals surface area contributed by atoms with Crippen molar-refractivity contribution in [3.63, 3.8) is 0 Å². The monoisotopic (exact) mass is 264 g/mol. The first-order valence-electron chi connectivity index (χ1n) is 6.63. The molecule has 2 aromatic carbocycles. The van der Waals surface area contributed by atoms with E-state index in [4.69, 9.17) is 4.42 Å². The van der Waals surface area contributed by atoms with Crippen molar-refractivity contribution in [3.8, 4) is 0 Å². The largest absolute Gasteiger partial charge is 0.443 e. The van der Waals surface area contributed by atoms with Crippen LogP contribution in [0.5, 0.6) is 0 Å². The predicted octanol–water partition coefficient (Wildman–Crippen LogP) is 4.06. The van der Waals surface area contributed by atoms with Crippen LogP contribution >= 0.6 is 0 Å². The standard InChI is InChI=1S/C9H9N.C8H7NO/c1-7-3-2-4-8-5-10-6-9(7)8;1-6-3-2-4-7-8(6)10-5-9-7/h2-5H,6H2,1H3;2-5H,1H3. The van der Waals surface area contributed by atoms with Crippen LogP contribution in [0.4, 0.5) is 0 Å². The van der Waals surface area contributed by atoms with Gasteiger partial charge in [0.1, 0.15) is 5.52 Å². The van der Waals surface area contributed by atoms with Gasteiger partial charge in [0.05, 0.1) is 6.54 Å². The number of oxazole rings is 1. The number of benzene rings is 2. The Hall–Kier alpha value is -2.42. The van der Waals surface area contributed by atoms with Crippen molar-refractivity contribution in [1.29, 1.82) is 0 Å². The normalized spacial score (nSPS) is 12.1. The van der Waals surface area contributed by atoms with Crippen LogP contribution in [0.2, 0.25) is 0 Å². The van der Waals surface area contributed by atoms with Gasteiger partial charge in [0.25, 0.3) is 0 Å². The molecule has 0 unspecified atom stereocenters. The first-order valence-corrected chi connectivity index (χ1v) is 6.63. The molecule has 0 fully saturated rings. The van der Waals surface area contributed by atoms with E-state index in [1.54, 1.807) is 0 Å². The third-order valence-electron chi connectivity index (χ3n) is 3.48. The second-order valence-electron chi connectivity index (χ2n) is 4.89. The molecule has 0 amide bonds. The molecule has 2 heterocycles. The third kappa shape index (κ3) is 2.35. The number of hydrogen-bond donors (Lipinski definition) is 0. The molecule has 20 heavy (non-hydrogen) atoms. The molecule has 0 N–H and O–H groups in total. The fourth-order valence-electron chi connectivity index (χ4n) is 2.32. The van der Waals surface area contributed by atoms with Gasteiger partial charge in [0.15, 0.2) is 12.0 Å². The van der Waals surface area contributed by atoms with Gasteiger partial charge in [-0.15, -0.1) is 0 Å². The van der Waals surface area contributed by atoms with Crippen molar-refractivity contribution < 1.29 is 4.42 Å². The molecule has 0 bridgehead atoms. The number of hydrogen-bond acceptors (Lipinski definition) is 3. The van der Waals surface area contributed by atoms with Gasteiger partial charge in [-0.2, -0.15) is 0 Å². The highest BCUT2D eigenvalue weighted by Gasteiger charge is 2.06. The molecule has 4 rings (SSSR count). The molecule has 0 aliphatic carbocycles. The van der Waals surface area contributed by atoms with Gasteiger partial charge < -0.3 is 4.42 Å². The Bertz CT molecular complexity index is 772. The summed E-state index contributed by atoms with van der Waals surface area (Å²) in [6, 6.07) is 12.2. The van der Waals surface area contributed by atoms with E-state index >= 15 is 0 Å². The maximum atomic E-state index is 5.14. The highest BCUT2D eigenvalue weighted by Crippen LogP contribution is 2.17. The van der Waals surface area contributed by atoms with Gasteiger partial charge in [-0.25, -0.2) is 4.98 Å². The van der Waals surface area contributed by atoms with Crippen LogP contribution in [0.15, 0.2) is 52.2 Å². The molecule has 100 valence electrons. The topological polar surface area (TPSA) is 38.4 Å². The molecule has 0 spiro atoms. The lowest BCUT2D eigenvalue weighted by Crippen LogP contribution is -1.86. The minimum atomic E-state index is 0.877. The van der Waals surface area contributed by atoms with Crippen molar-refractivity contribution in [2.75, 3.05) is 0 Å². The van der Waals surface area contributed by atoms with Crippen LogP contribution in [0.3, 0.4) is 0 Å². The zero-order valence-electron chi connectivity index (χ0n) is 11.6. The van der Waals surface area contributed by atoms with Crippen LogP contribution in [0.25, 0.3) is 11.1 Å². The summed E-state index contributed by atoms with van der Waals surface area (Å²) in [6.07, 6.45) is 3.42. The predicted molar refractivity (Wildman–Crippen MR) is 81.2 cm³/mol. The van der Waals surface area contributed by atoms with Crippen LogP contribution < -0.4 is 0 Å².